The highest BCUT2D eigenvalue weighted by Gasteiger charge is 2.34. The van der Waals surface area contributed by atoms with Crippen LogP contribution in [0.15, 0.2) is 6.33 Å². The Balaban J connectivity index is 2.18. The van der Waals surface area contributed by atoms with Gasteiger partial charge in [-0.1, -0.05) is 72.1 Å². The third kappa shape index (κ3) is 9.92. The standard InChI is InChI=1S/C22H41N3O2/c1-5-7-8-9-10-11-12-13-14-15-27-21(26)22(4,6-2)17-19(3)16-20-23-18-24-25-20/h18-19H,5-17H2,1-4H3,(H,23,24,25). The molecule has 1 rings (SSSR count). The van der Waals surface area contributed by atoms with Crippen molar-refractivity contribution in [1.29, 1.82) is 0 Å². The zero-order valence-corrected chi connectivity index (χ0v) is 18.1. The molecule has 0 amide bonds. The van der Waals surface area contributed by atoms with Crippen LogP contribution in [-0.4, -0.2) is 27.8 Å². The Labute approximate surface area is 166 Å². The summed E-state index contributed by atoms with van der Waals surface area (Å²) in [6, 6.07) is 0. The smallest absolute Gasteiger partial charge is 0.311 e. The van der Waals surface area contributed by atoms with Gasteiger partial charge in [-0.2, -0.15) is 5.10 Å². The van der Waals surface area contributed by atoms with E-state index in [1.807, 2.05) is 6.92 Å². The number of unbranched alkanes of at least 4 members (excludes halogenated alkanes) is 8. The van der Waals surface area contributed by atoms with Crippen molar-refractivity contribution < 1.29 is 9.53 Å². The average Bonchev–Trinajstić information content (AvgIpc) is 3.15. The zero-order valence-electron chi connectivity index (χ0n) is 18.1. The molecule has 1 aromatic rings. The maximum absolute atomic E-state index is 12.6. The first kappa shape index (κ1) is 23.6. The number of hydrogen-bond donors (Lipinski definition) is 1. The largest absolute Gasteiger partial charge is 0.465 e. The molecule has 1 aromatic heterocycles. The molecular formula is C22H41N3O2. The summed E-state index contributed by atoms with van der Waals surface area (Å²) < 4.78 is 5.62. The molecule has 1 N–H and O–H groups in total. The SMILES string of the molecule is CCCCCCCCCCCOC(=O)C(C)(CC)CC(C)Cc1ncn[nH]1. The summed E-state index contributed by atoms with van der Waals surface area (Å²) in [5.74, 6) is 1.18. The van der Waals surface area contributed by atoms with Crippen LogP contribution in [0.5, 0.6) is 0 Å². The molecule has 1 heterocycles. The number of nitrogens with zero attached hydrogens (tertiary/aromatic N) is 2. The lowest BCUT2D eigenvalue weighted by atomic mass is 9.78. The number of aromatic nitrogens is 3. The minimum atomic E-state index is -0.418. The fourth-order valence-electron chi connectivity index (χ4n) is 3.62. The van der Waals surface area contributed by atoms with Crippen molar-refractivity contribution in [2.24, 2.45) is 11.3 Å². The summed E-state index contributed by atoms with van der Waals surface area (Å²) >= 11 is 0. The minimum absolute atomic E-state index is 0.0472. The number of esters is 1. The van der Waals surface area contributed by atoms with Crippen LogP contribution in [0.4, 0.5) is 0 Å². The molecule has 0 spiro atoms. The van der Waals surface area contributed by atoms with E-state index < -0.39 is 5.41 Å². The van der Waals surface area contributed by atoms with Gasteiger partial charge < -0.3 is 4.74 Å². The van der Waals surface area contributed by atoms with Gasteiger partial charge >= 0.3 is 5.97 Å². The molecule has 27 heavy (non-hydrogen) atoms. The number of carbonyl (C=O) groups excluding carboxylic acids is 1. The van der Waals surface area contributed by atoms with Gasteiger partial charge in [0.05, 0.1) is 12.0 Å². The molecule has 156 valence electrons. The number of carbonyl (C=O) groups is 1. The van der Waals surface area contributed by atoms with Gasteiger partial charge in [0.15, 0.2) is 0 Å². The Morgan fingerprint density at radius 1 is 1.11 bits per heavy atom. The van der Waals surface area contributed by atoms with Gasteiger partial charge in [0.1, 0.15) is 12.2 Å². The van der Waals surface area contributed by atoms with Crippen LogP contribution < -0.4 is 0 Å². The molecule has 0 bridgehead atoms. The van der Waals surface area contributed by atoms with E-state index in [-0.39, 0.29) is 5.97 Å². The van der Waals surface area contributed by atoms with E-state index in [0.717, 1.165) is 37.9 Å². The Hall–Kier alpha value is -1.39. The molecule has 2 atom stereocenters. The third-order valence-electron chi connectivity index (χ3n) is 5.56. The van der Waals surface area contributed by atoms with Crippen molar-refractivity contribution in [2.45, 2.75) is 105 Å². The highest BCUT2D eigenvalue weighted by molar-refractivity contribution is 5.76. The summed E-state index contributed by atoms with van der Waals surface area (Å²) in [5, 5.41) is 6.79. The predicted octanol–water partition coefficient (Wildman–Crippen LogP) is 5.86. The number of nitrogens with one attached hydrogen (secondary N) is 1. The Morgan fingerprint density at radius 3 is 2.30 bits per heavy atom. The van der Waals surface area contributed by atoms with Crippen LogP contribution in [-0.2, 0) is 16.0 Å². The van der Waals surface area contributed by atoms with Crippen molar-refractivity contribution in [3.63, 3.8) is 0 Å². The highest BCUT2D eigenvalue weighted by atomic mass is 16.5. The second-order valence-corrected chi connectivity index (χ2v) is 8.32. The molecule has 0 aliphatic rings. The quantitative estimate of drug-likeness (QED) is 0.288. The van der Waals surface area contributed by atoms with E-state index in [4.69, 9.17) is 4.74 Å². The summed E-state index contributed by atoms with van der Waals surface area (Å²) in [6.45, 7) is 9.07. The van der Waals surface area contributed by atoms with E-state index >= 15 is 0 Å². The number of hydrogen-bond acceptors (Lipinski definition) is 4. The van der Waals surface area contributed by atoms with Gasteiger partial charge in [0, 0.05) is 6.42 Å². The fourth-order valence-corrected chi connectivity index (χ4v) is 3.62. The lowest BCUT2D eigenvalue weighted by Gasteiger charge is -2.28. The first-order chi connectivity index (χ1) is 13.0. The van der Waals surface area contributed by atoms with Gasteiger partial charge in [-0.25, -0.2) is 4.98 Å². The monoisotopic (exact) mass is 379 g/mol. The molecule has 0 saturated heterocycles. The summed E-state index contributed by atoms with van der Waals surface area (Å²) in [7, 11) is 0. The van der Waals surface area contributed by atoms with Crippen molar-refractivity contribution in [3.05, 3.63) is 12.2 Å². The van der Waals surface area contributed by atoms with Crippen molar-refractivity contribution >= 4 is 5.97 Å². The van der Waals surface area contributed by atoms with Crippen LogP contribution in [0.2, 0.25) is 0 Å². The summed E-state index contributed by atoms with van der Waals surface area (Å²) in [6.07, 6.45) is 15.4. The van der Waals surface area contributed by atoms with E-state index in [1.54, 1.807) is 0 Å². The van der Waals surface area contributed by atoms with Crippen LogP contribution in [0, 0.1) is 11.3 Å². The van der Waals surface area contributed by atoms with Crippen molar-refractivity contribution in [3.8, 4) is 0 Å². The third-order valence-corrected chi connectivity index (χ3v) is 5.56. The van der Waals surface area contributed by atoms with Crippen LogP contribution in [0.1, 0.15) is 104 Å². The second kappa shape index (κ2) is 13.7. The van der Waals surface area contributed by atoms with E-state index in [2.05, 4.69) is 36.0 Å². The molecular weight excluding hydrogens is 338 g/mol. The van der Waals surface area contributed by atoms with Crippen LogP contribution in [0.25, 0.3) is 0 Å². The van der Waals surface area contributed by atoms with Gasteiger partial charge in [0.25, 0.3) is 0 Å². The summed E-state index contributed by atoms with van der Waals surface area (Å²) in [4.78, 5) is 16.8. The molecule has 0 radical (unpaired) electrons. The molecule has 0 fully saturated rings. The van der Waals surface area contributed by atoms with Crippen LogP contribution in [0.3, 0.4) is 0 Å². The topological polar surface area (TPSA) is 67.9 Å². The maximum atomic E-state index is 12.6. The molecule has 0 saturated carbocycles. The zero-order chi connectivity index (χ0) is 20.0. The second-order valence-electron chi connectivity index (χ2n) is 8.32. The number of H-pyrrole nitrogens is 1. The lowest BCUT2D eigenvalue weighted by molar-refractivity contribution is -0.156. The molecule has 0 aromatic carbocycles. The maximum Gasteiger partial charge on any atom is 0.311 e. The van der Waals surface area contributed by atoms with Gasteiger partial charge in [-0.05, 0) is 32.1 Å². The number of rotatable bonds is 16. The highest BCUT2D eigenvalue weighted by Crippen LogP contribution is 2.32. The molecule has 0 aliphatic carbocycles. The van der Waals surface area contributed by atoms with E-state index in [0.29, 0.717) is 12.5 Å². The van der Waals surface area contributed by atoms with Crippen molar-refractivity contribution in [2.75, 3.05) is 6.61 Å². The number of ether oxygens (including phenoxy) is 1. The first-order valence-electron chi connectivity index (χ1n) is 11.0. The van der Waals surface area contributed by atoms with E-state index in [1.165, 1.54) is 51.3 Å². The minimum Gasteiger partial charge on any atom is -0.465 e. The molecule has 0 aliphatic heterocycles. The summed E-state index contributed by atoms with van der Waals surface area (Å²) in [5.41, 5.74) is -0.418. The predicted molar refractivity (Wildman–Crippen MR) is 110 cm³/mol. The molecule has 2 unspecified atom stereocenters. The van der Waals surface area contributed by atoms with Crippen LogP contribution >= 0.6 is 0 Å². The Bertz CT molecular complexity index is 490. The van der Waals surface area contributed by atoms with E-state index in [9.17, 15) is 4.79 Å². The first-order valence-corrected chi connectivity index (χ1v) is 11.0. The van der Waals surface area contributed by atoms with Gasteiger partial charge in [-0.3, -0.25) is 9.89 Å². The Morgan fingerprint density at radius 2 is 1.74 bits per heavy atom. The lowest BCUT2D eigenvalue weighted by Crippen LogP contribution is -2.32. The normalized spacial score (nSPS) is 14.7. The van der Waals surface area contributed by atoms with Crippen molar-refractivity contribution in [1.82, 2.24) is 15.2 Å². The van der Waals surface area contributed by atoms with Gasteiger partial charge in [0.2, 0.25) is 0 Å². The fraction of sp³-hybridized carbons (Fsp3) is 0.864. The Kier molecular flexibility index (Phi) is 12.0. The van der Waals surface area contributed by atoms with Gasteiger partial charge in [-0.15, -0.1) is 0 Å². The molecule has 5 nitrogen and oxygen atoms in total. The number of aromatic amines is 1. The average molecular weight is 380 g/mol. The molecule has 5 heteroatoms.